The molecule has 1 aromatic rings. The third-order valence-corrected chi connectivity index (χ3v) is 2.04. The number of nitro benzene ring substituents is 1. The molecule has 0 aliphatic carbocycles. The van der Waals surface area contributed by atoms with E-state index in [4.69, 9.17) is 10.5 Å². The molecule has 0 unspecified atom stereocenters. The van der Waals surface area contributed by atoms with Crippen molar-refractivity contribution >= 4 is 11.4 Å². The van der Waals surface area contributed by atoms with E-state index in [2.05, 4.69) is 0 Å². The normalized spacial score (nSPS) is 10.4. The quantitative estimate of drug-likeness (QED) is 0.461. The number of para-hydroxylation sites is 1. The van der Waals surface area contributed by atoms with E-state index >= 15 is 0 Å². The van der Waals surface area contributed by atoms with Crippen LogP contribution < -0.4 is 10.5 Å². The predicted molar refractivity (Wildman–Crippen MR) is 61.6 cm³/mol. The van der Waals surface area contributed by atoms with Gasteiger partial charge in [-0.2, -0.15) is 0 Å². The zero-order chi connectivity index (χ0) is 12.1. The molecule has 0 saturated heterocycles. The van der Waals surface area contributed by atoms with E-state index in [9.17, 15) is 10.1 Å². The summed E-state index contributed by atoms with van der Waals surface area (Å²) in [5.74, 6) is 0.357. The Bertz CT molecular complexity index is 380. The van der Waals surface area contributed by atoms with Gasteiger partial charge in [0.25, 0.3) is 5.69 Å². The summed E-state index contributed by atoms with van der Waals surface area (Å²) >= 11 is 0. The maximum absolute atomic E-state index is 10.6. The van der Waals surface area contributed by atoms with Gasteiger partial charge >= 0.3 is 0 Å². The van der Waals surface area contributed by atoms with Crippen LogP contribution in [-0.2, 0) is 0 Å². The largest absolute Gasteiger partial charge is 0.490 e. The molecular formula is C10H15N3O3. The molecule has 1 aromatic carbocycles. The van der Waals surface area contributed by atoms with Crippen molar-refractivity contribution in [2.75, 3.05) is 33.0 Å². The molecular weight excluding hydrogens is 210 g/mol. The van der Waals surface area contributed by atoms with Crippen molar-refractivity contribution in [2.24, 2.45) is 0 Å². The molecule has 0 aliphatic rings. The Morgan fingerprint density at radius 2 is 2.19 bits per heavy atom. The summed E-state index contributed by atoms with van der Waals surface area (Å²) in [5.41, 5.74) is 5.57. The van der Waals surface area contributed by atoms with Crippen molar-refractivity contribution in [2.45, 2.75) is 0 Å². The predicted octanol–water partition coefficient (Wildman–Crippen LogP) is 1.12. The smallest absolute Gasteiger partial charge is 0.295 e. The molecule has 0 saturated carbocycles. The summed E-state index contributed by atoms with van der Waals surface area (Å²) in [6.45, 7) is 1.17. The van der Waals surface area contributed by atoms with E-state index in [1.165, 1.54) is 6.07 Å². The second-order valence-electron chi connectivity index (χ2n) is 3.60. The molecule has 88 valence electrons. The summed E-state index contributed by atoms with van der Waals surface area (Å²) in [7, 11) is 3.83. The van der Waals surface area contributed by atoms with Crippen molar-refractivity contribution in [1.29, 1.82) is 0 Å². The Kier molecular flexibility index (Phi) is 4.07. The molecule has 0 aromatic heterocycles. The second kappa shape index (κ2) is 5.32. The van der Waals surface area contributed by atoms with Crippen LogP contribution in [0.3, 0.4) is 0 Å². The van der Waals surface area contributed by atoms with E-state index in [1.54, 1.807) is 12.1 Å². The number of nitrogens with two attached hydrogens (primary N) is 1. The molecule has 0 fully saturated rings. The van der Waals surface area contributed by atoms with Gasteiger partial charge in [-0.15, -0.1) is 0 Å². The van der Waals surface area contributed by atoms with Crippen LogP contribution in [0, 0.1) is 10.1 Å². The lowest BCUT2D eigenvalue weighted by Crippen LogP contribution is -2.19. The molecule has 0 bridgehead atoms. The van der Waals surface area contributed by atoms with Gasteiger partial charge in [0, 0.05) is 12.6 Å². The minimum atomic E-state index is -0.520. The van der Waals surface area contributed by atoms with Crippen molar-refractivity contribution in [3.63, 3.8) is 0 Å². The number of hydrogen-bond donors (Lipinski definition) is 1. The van der Waals surface area contributed by atoms with Crippen LogP contribution >= 0.6 is 0 Å². The highest BCUT2D eigenvalue weighted by Gasteiger charge is 2.14. The third-order valence-electron chi connectivity index (χ3n) is 2.04. The van der Waals surface area contributed by atoms with E-state index in [-0.39, 0.29) is 11.4 Å². The van der Waals surface area contributed by atoms with Gasteiger partial charge in [-0.3, -0.25) is 10.1 Å². The Morgan fingerprint density at radius 3 is 2.75 bits per heavy atom. The van der Waals surface area contributed by atoms with Gasteiger partial charge in [0.1, 0.15) is 12.4 Å². The van der Waals surface area contributed by atoms with Crippen molar-refractivity contribution in [3.8, 4) is 5.75 Å². The first kappa shape index (κ1) is 12.3. The van der Waals surface area contributed by atoms with Gasteiger partial charge in [0.05, 0.1) is 4.92 Å². The van der Waals surface area contributed by atoms with E-state index in [1.807, 2.05) is 19.0 Å². The number of nitrogen functional groups attached to an aromatic ring is 1. The minimum Gasteiger partial charge on any atom is -0.490 e. The minimum absolute atomic E-state index is 0.0752. The number of nitro groups is 1. The van der Waals surface area contributed by atoms with E-state index in [0.717, 1.165) is 6.54 Å². The summed E-state index contributed by atoms with van der Waals surface area (Å²) in [6, 6.07) is 4.53. The molecule has 1 rings (SSSR count). The lowest BCUT2D eigenvalue weighted by molar-refractivity contribution is -0.384. The summed E-state index contributed by atoms with van der Waals surface area (Å²) in [6.07, 6.45) is 0. The highest BCUT2D eigenvalue weighted by molar-refractivity contribution is 5.66. The second-order valence-corrected chi connectivity index (χ2v) is 3.60. The van der Waals surface area contributed by atoms with Crippen LogP contribution in [0.15, 0.2) is 18.2 Å². The maximum atomic E-state index is 10.6. The highest BCUT2D eigenvalue weighted by atomic mass is 16.6. The SMILES string of the molecule is CN(C)CCOc1cccc([N+](=O)[O-])c1N. The van der Waals surface area contributed by atoms with E-state index in [0.29, 0.717) is 12.4 Å². The Labute approximate surface area is 93.8 Å². The van der Waals surface area contributed by atoms with Gasteiger partial charge in [-0.25, -0.2) is 0 Å². The fourth-order valence-corrected chi connectivity index (χ4v) is 1.16. The van der Waals surface area contributed by atoms with Gasteiger partial charge in [-0.05, 0) is 20.2 Å². The molecule has 0 amide bonds. The Hall–Kier alpha value is -1.82. The first-order chi connectivity index (χ1) is 7.52. The summed E-state index contributed by atoms with van der Waals surface area (Å²) in [5, 5.41) is 10.6. The Morgan fingerprint density at radius 1 is 1.50 bits per heavy atom. The zero-order valence-corrected chi connectivity index (χ0v) is 9.34. The number of ether oxygens (including phenoxy) is 1. The standard InChI is InChI=1S/C10H15N3O3/c1-12(2)6-7-16-9-5-3-4-8(10(9)11)13(14)15/h3-5H,6-7,11H2,1-2H3. The van der Waals surface area contributed by atoms with Gasteiger partial charge in [0.2, 0.25) is 0 Å². The van der Waals surface area contributed by atoms with Crippen molar-refractivity contribution in [3.05, 3.63) is 28.3 Å². The number of hydrogen-bond acceptors (Lipinski definition) is 5. The molecule has 0 radical (unpaired) electrons. The van der Waals surface area contributed by atoms with Crippen LogP contribution in [0.1, 0.15) is 0 Å². The number of anilines is 1. The lowest BCUT2D eigenvalue weighted by atomic mass is 10.2. The Balaban J connectivity index is 2.73. The first-order valence-electron chi connectivity index (χ1n) is 4.82. The summed E-state index contributed by atoms with van der Waals surface area (Å²) < 4.78 is 5.37. The first-order valence-corrected chi connectivity index (χ1v) is 4.82. The van der Waals surface area contributed by atoms with Crippen LogP contribution in [-0.4, -0.2) is 37.1 Å². The third kappa shape index (κ3) is 3.09. The van der Waals surface area contributed by atoms with Gasteiger partial charge < -0.3 is 15.4 Å². The van der Waals surface area contributed by atoms with Gasteiger partial charge in [-0.1, -0.05) is 6.07 Å². The van der Waals surface area contributed by atoms with Crippen molar-refractivity contribution in [1.82, 2.24) is 4.90 Å². The number of likely N-dealkylation sites (N-methyl/N-ethyl adjacent to an activating group) is 1. The topological polar surface area (TPSA) is 81.6 Å². The van der Waals surface area contributed by atoms with Crippen molar-refractivity contribution < 1.29 is 9.66 Å². The average molecular weight is 225 g/mol. The zero-order valence-electron chi connectivity index (χ0n) is 9.34. The molecule has 16 heavy (non-hydrogen) atoms. The van der Waals surface area contributed by atoms with Crippen LogP contribution in [0.25, 0.3) is 0 Å². The van der Waals surface area contributed by atoms with E-state index < -0.39 is 4.92 Å². The number of nitrogens with zero attached hydrogens (tertiary/aromatic N) is 2. The molecule has 6 nitrogen and oxygen atoms in total. The van der Waals surface area contributed by atoms with Crippen LogP contribution in [0.2, 0.25) is 0 Å². The highest BCUT2D eigenvalue weighted by Crippen LogP contribution is 2.30. The van der Waals surface area contributed by atoms with Crippen LogP contribution in [0.4, 0.5) is 11.4 Å². The number of benzene rings is 1. The maximum Gasteiger partial charge on any atom is 0.295 e. The van der Waals surface area contributed by atoms with Crippen LogP contribution in [0.5, 0.6) is 5.75 Å². The summed E-state index contributed by atoms with van der Waals surface area (Å²) in [4.78, 5) is 12.1. The molecule has 0 heterocycles. The fraction of sp³-hybridized carbons (Fsp3) is 0.400. The molecule has 0 aliphatic heterocycles. The number of rotatable bonds is 5. The average Bonchev–Trinajstić information content (AvgIpc) is 2.19. The molecule has 0 spiro atoms. The monoisotopic (exact) mass is 225 g/mol. The molecule has 2 N–H and O–H groups in total. The molecule has 0 atom stereocenters. The van der Waals surface area contributed by atoms with Gasteiger partial charge in [0.15, 0.2) is 5.69 Å². The molecule has 6 heteroatoms. The fourth-order valence-electron chi connectivity index (χ4n) is 1.16. The lowest BCUT2D eigenvalue weighted by Gasteiger charge is -2.12.